The predicted octanol–water partition coefficient (Wildman–Crippen LogP) is 4.57. The van der Waals surface area contributed by atoms with Crippen LogP contribution >= 0.6 is 15.9 Å². The van der Waals surface area contributed by atoms with Crippen molar-refractivity contribution in [2.75, 3.05) is 34.2 Å². The lowest BCUT2D eigenvalue weighted by atomic mass is 9.80. The lowest BCUT2D eigenvalue weighted by Gasteiger charge is -2.36. The number of carbonyl (C=O) groups excluding carboxylic acids is 1. The molecule has 1 heterocycles. The topological polar surface area (TPSA) is 89.5 Å². The summed E-state index contributed by atoms with van der Waals surface area (Å²) in [7, 11) is 3.27. The Balaban J connectivity index is 1.61. The van der Waals surface area contributed by atoms with Gasteiger partial charge in [-0.1, -0.05) is 54.6 Å². The SMILES string of the molecule is COc1ccc(C(OCCOCN2C=C(Br)C(O)NC2=O)(c2ccccc2)c2ccc(OC)cc2)cc1. The number of aliphatic hydroxyl groups excluding tert-OH is 1. The van der Waals surface area contributed by atoms with Crippen LogP contribution in [0.4, 0.5) is 4.79 Å². The Morgan fingerprint density at radius 1 is 0.865 bits per heavy atom. The van der Waals surface area contributed by atoms with Gasteiger partial charge in [-0.05, 0) is 56.9 Å². The van der Waals surface area contributed by atoms with Gasteiger partial charge in [-0.3, -0.25) is 4.90 Å². The molecule has 4 rings (SSSR count). The summed E-state index contributed by atoms with van der Waals surface area (Å²) in [5.74, 6) is 1.49. The lowest BCUT2D eigenvalue weighted by Crippen LogP contribution is -2.47. The van der Waals surface area contributed by atoms with Crippen molar-refractivity contribution in [1.82, 2.24) is 10.2 Å². The van der Waals surface area contributed by atoms with E-state index in [1.807, 2.05) is 78.9 Å². The molecule has 0 aliphatic carbocycles. The summed E-state index contributed by atoms with van der Waals surface area (Å²) in [6.45, 7) is 0.453. The molecule has 0 aromatic heterocycles. The minimum Gasteiger partial charge on any atom is -0.497 e. The van der Waals surface area contributed by atoms with Crippen LogP contribution < -0.4 is 14.8 Å². The molecule has 37 heavy (non-hydrogen) atoms. The quantitative estimate of drug-likeness (QED) is 0.260. The Kier molecular flexibility index (Phi) is 8.83. The molecule has 0 saturated carbocycles. The number of carbonyl (C=O) groups is 1. The number of methoxy groups -OCH3 is 2. The average Bonchev–Trinajstić information content (AvgIpc) is 2.94. The maximum atomic E-state index is 12.1. The highest BCUT2D eigenvalue weighted by atomic mass is 79.9. The third-order valence-corrected chi connectivity index (χ3v) is 6.65. The maximum absolute atomic E-state index is 12.1. The summed E-state index contributed by atoms with van der Waals surface area (Å²) in [6.07, 6.45) is 0.431. The van der Waals surface area contributed by atoms with Gasteiger partial charge in [0, 0.05) is 6.20 Å². The molecule has 0 spiro atoms. The first-order valence-corrected chi connectivity index (χ1v) is 12.5. The molecule has 0 saturated heterocycles. The molecule has 1 aliphatic rings. The molecule has 1 aliphatic heterocycles. The summed E-state index contributed by atoms with van der Waals surface area (Å²) in [4.78, 5) is 13.4. The fourth-order valence-corrected chi connectivity index (χ4v) is 4.50. The number of halogens is 1. The number of hydrogen-bond acceptors (Lipinski definition) is 6. The minimum atomic E-state index is -1.06. The largest absolute Gasteiger partial charge is 0.497 e. The second-order valence-corrected chi connectivity index (χ2v) is 9.14. The number of nitrogens with one attached hydrogen (secondary N) is 1. The Bertz CT molecular complexity index is 1150. The van der Waals surface area contributed by atoms with E-state index in [9.17, 15) is 9.90 Å². The summed E-state index contributed by atoms with van der Waals surface area (Å²) in [5.41, 5.74) is 1.84. The van der Waals surface area contributed by atoms with Crippen molar-refractivity contribution in [1.29, 1.82) is 0 Å². The predicted molar refractivity (Wildman–Crippen MR) is 142 cm³/mol. The summed E-state index contributed by atoms with van der Waals surface area (Å²) in [6, 6.07) is 25.1. The van der Waals surface area contributed by atoms with Crippen LogP contribution in [0.3, 0.4) is 0 Å². The molecule has 8 nitrogen and oxygen atoms in total. The standard InChI is InChI=1S/C28H29BrN2O6/c1-34-23-12-8-21(9-13-23)28(20-6-4-3-5-7-20,22-10-14-24(35-2)15-11-22)37-17-16-36-19-31-18-25(29)26(32)30-27(31)33/h3-15,18,26,32H,16-17,19H2,1-2H3,(H,30,33). The van der Waals surface area contributed by atoms with Crippen molar-refractivity contribution < 1.29 is 28.8 Å². The number of hydrogen-bond donors (Lipinski definition) is 2. The molecular weight excluding hydrogens is 540 g/mol. The van der Waals surface area contributed by atoms with Crippen molar-refractivity contribution in [3.63, 3.8) is 0 Å². The molecule has 2 N–H and O–H groups in total. The van der Waals surface area contributed by atoms with Gasteiger partial charge in [-0.2, -0.15) is 0 Å². The van der Waals surface area contributed by atoms with E-state index in [1.54, 1.807) is 14.2 Å². The van der Waals surface area contributed by atoms with E-state index in [1.165, 1.54) is 11.1 Å². The average molecular weight is 569 g/mol. The molecule has 1 atom stereocenters. The highest BCUT2D eigenvalue weighted by molar-refractivity contribution is 9.11. The van der Waals surface area contributed by atoms with E-state index in [4.69, 9.17) is 18.9 Å². The Labute approximate surface area is 224 Å². The number of nitrogens with zero attached hydrogens (tertiary/aromatic N) is 1. The first-order chi connectivity index (χ1) is 18.0. The van der Waals surface area contributed by atoms with E-state index in [0.29, 0.717) is 4.48 Å². The first-order valence-electron chi connectivity index (χ1n) is 11.7. The Morgan fingerprint density at radius 2 is 1.41 bits per heavy atom. The molecule has 1 unspecified atom stereocenters. The third kappa shape index (κ3) is 5.97. The Morgan fingerprint density at radius 3 is 1.95 bits per heavy atom. The second-order valence-electron chi connectivity index (χ2n) is 8.23. The van der Waals surface area contributed by atoms with Gasteiger partial charge in [-0.25, -0.2) is 4.79 Å². The van der Waals surface area contributed by atoms with Gasteiger partial charge < -0.3 is 29.4 Å². The number of aliphatic hydroxyl groups is 1. The second kappa shape index (κ2) is 12.2. The number of rotatable bonds is 11. The minimum absolute atomic E-state index is 0.000419. The number of ether oxygens (including phenoxy) is 4. The zero-order valence-corrected chi connectivity index (χ0v) is 22.2. The van der Waals surface area contributed by atoms with Gasteiger partial charge in [0.15, 0.2) is 6.23 Å². The number of benzene rings is 3. The zero-order valence-electron chi connectivity index (χ0n) is 20.6. The molecular formula is C28H29BrN2O6. The summed E-state index contributed by atoms with van der Waals surface area (Å²) < 4.78 is 23.7. The molecule has 9 heteroatoms. The van der Waals surface area contributed by atoms with Crippen molar-refractivity contribution in [3.8, 4) is 11.5 Å². The van der Waals surface area contributed by atoms with E-state index in [0.717, 1.165) is 28.2 Å². The third-order valence-electron chi connectivity index (χ3n) is 6.01. The van der Waals surface area contributed by atoms with Crippen LogP contribution in [0.25, 0.3) is 0 Å². The van der Waals surface area contributed by atoms with Crippen molar-refractivity contribution in [3.05, 3.63) is 106 Å². The van der Waals surface area contributed by atoms with Crippen molar-refractivity contribution >= 4 is 22.0 Å². The molecule has 2 amide bonds. The fourth-order valence-electron chi connectivity index (χ4n) is 4.13. The van der Waals surface area contributed by atoms with Gasteiger partial charge in [0.25, 0.3) is 0 Å². The van der Waals surface area contributed by atoms with Crippen LogP contribution in [-0.2, 0) is 15.1 Å². The molecule has 0 fully saturated rings. The van der Waals surface area contributed by atoms with Crippen LogP contribution in [0, 0.1) is 0 Å². The number of amides is 2. The number of urea groups is 1. The van der Waals surface area contributed by atoms with Crippen LogP contribution in [0.5, 0.6) is 11.5 Å². The van der Waals surface area contributed by atoms with Crippen molar-refractivity contribution in [2.45, 2.75) is 11.8 Å². The van der Waals surface area contributed by atoms with E-state index >= 15 is 0 Å². The summed E-state index contributed by atoms with van der Waals surface area (Å²) >= 11 is 3.22. The highest BCUT2D eigenvalue weighted by Gasteiger charge is 2.37. The van der Waals surface area contributed by atoms with Gasteiger partial charge >= 0.3 is 6.03 Å². The van der Waals surface area contributed by atoms with Gasteiger partial charge in [-0.15, -0.1) is 0 Å². The van der Waals surface area contributed by atoms with Gasteiger partial charge in [0.2, 0.25) is 0 Å². The van der Waals surface area contributed by atoms with Gasteiger partial charge in [0.1, 0.15) is 23.8 Å². The van der Waals surface area contributed by atoms with E-state index < -0.39 is 17.9 Å². The smallest absolute Gasteiger partial charge is 0.325 e. The van der Waals surface area contributed by atoms with E-state index in [-0.39, 0.29) is 19.9 Å². The van der Waals surface area contributed by atoms with Crippen LogP contribution in [-0.4, -0.2) is 56.4 Å². The normalized spacial score (nSPS) is 15.7. The lowest BCUT2D eigenvalue weighted by molar-refractivity contribution is -0.0359. The molecule has 3 aromatic carbocycles. The maximum Gasteiger partial charge on any atom is 0.325 e. The van der Waals surface area contributed by atoms with Crippen LogP contribution in [0.15, 0.2) is 89.5 Å². The van der Waals surface area contributed by atoms with Crippen LogP contribution in [0.1, 0.15) is 16.7 Å². The van der Waals surface area contributed by atoms with Crippen LogP contribution in [0.2, 0.25) is 0 Å². The fraction of sp³-hybridized carbons (Fsp3) is 0.250. The monoisotopic (exact) mass is 568 g/mol. The van der Waals surface area contributed by atoms with Gasteiger partial charge in [0.05, 0.1) is 31.9 Å². The Hall–Kier alpha value is -3.37. The molecule has 0 radical (unpaired) electrons. The van der Waals surface area contributed by atoms with Crippen molar-refractivity contribution in [2.24, 2.45) is 0 Å². The zero-order chi connectivity index (χ0) is 26.3. The summed E-state index contributed by atoms with van der Waals surface area (Å²) in [5, 5.41) is 12.1. The van der Waals surface area contributed by atoms with E-state index in [2.05, 4.69) is 21.2 Å². The first kappa shape index (κ1) is 26.7. The molecule has 194 valence electrons. The molecule has 0 bridgehead atoms. The highest BCUT2D eigenvalue weighted by Crippen LogP contribution is 2.41. The molecule has 3 aromatic rings.